The van der Waals surface area contributed by atoms with Crippen molar-refractivity contribution in [3.05, 3.63) is 29.8 Å². The van der Waals surface area contributed by atoms with Crippen LogP contribution >= 0.6 is 0 Å². The number of amides is 1. The van der Waals surface area contributed by atoms with E-state index in [9.17, 15) is 9.90 Å². The predicted molar refractivity (Wildman–Crippen MR) is 49.0 cm³/mol. The van der Waals surface area contributed by atoms with Gasteiger partial charge in [-0.15, -0.1) is 0 Å². The van der Waals surface area contributed by atoms with Crippen molar-refractivity contribution in [1.29, 1.82) is 0 Å². The number of phenols is 1. The van der Waals surface area contributed by atoms with Gasteiger partial charge in [0.05, 0.1) is 6.54 Å². The van der Waals surface area contributed by atoms with E-state index in [1.807, 2.05) is 0 Å². The number of rotatable bonds is 3. The van der Waals surface area contributed by atoms with Gasteiger partial charge in [0.2, 0.25) is 5.91 Å². The van der Waals surface area contributed by atoms with E-state index in [1.165, 1.54) is 0 Å². The number of nitrogens with two attached hydrogens (primary N) is 1. The number of phenolic OH excluding ortho intramolecular Hbond substituents is 1. The van der Waals surface area contributed by atoms with Gasteiger partial charge in [0.25, 0.3) is 0 Å². The number of aromatic hydroxyl groups is 1. The number of para-hydroxylation sites is 1. The Morgan fingerprint density at radius 2 is 2.15 bits per heavy atom. The fraction of sp³-hybridized carbons (Fsp3) is 0.222. The monoisotopic (exact) mass is 180 g/mol. The normalized spacial score (nSPS) is 9.62. The molecule has 0 atom stereocenters. The molecule has 1 rings (SSSR count). The average Bonchev–Trinajstić information content (AvgIpc) is 2.16. The Hall–Kier alpha value is -1.55. The molecule has 4 heteroatoms. The molecule has 0 aliphatic carbocycles. The van der Waals surface area contributed by atoms with Crippen LogP contribution in [0.3, 0.4) is 0 Å². The molecule has 0 bridgehead atoms. The van der Waals surface area contributed by atoms with Crippen LogP contribution in [0.25, 0.3) is 0 Å². The molecule has 0 unspecified atom stereocenters. The Labute approximate surface area is 76.4 Å². The fourth-order valence-corrected chi connectivity index (χ4v) is 0.926. The van der Waals surface area contributed by atoms with Crippen molar-refractivity contribution in [2.75, 3.05) is 6.54 Å². The highest BCUT2D eigenvalue weighted by atomic mass is 16.3. The van der Waals surface area contributed by atoms with Gasteiger partial charge in [-0.1, -0.05) is 18.2 Å². The molecule has 13 heavy (non-hydrogen) atoms. The van der Waals surface area contributed by atoms with Gasteiger partial charge in [-0.25, -0.2) is 0 Å². The third-order valence-electron chi connectivity index (χ3n) is 1.65. The van der Waals surface area contributed by atoms with Crippen LogP contribution in [-0.4, -0.2) is 17.6 Å². The molecule has 1 aromatic rings. The predicted octanol–water partition coefficient (Wildman–Crippen LogP) is -0.0329. The van der Waals surface area contributed by atoms with Crippen LogP contribution < -0.4 is 11.1 Å². The molecular weight excluding hydrogens is 168 g/mol. The Morgan fingerprint density at radius 1 is 1.46 bits per heavy atom. The molecule has 0 aliphatic rings. The second-order valence-electron chi connectivity index (χ2n) is 2.61. The summed E-state index contributed by atoms with van der Waals surface area (Å²) in [4.78, 5) is 10.8. The molecule has 0 aliphatic heterocycles. The van der Waals surface area contributed by atoms with E-state index in [1.54, 1.807) is 24.3 Å². The van der Waals surface area contributed by atoms with Crippen molar-refractivity contribution >= 4 is 5.91 Å². The fourth-order valence-electron chi connectivity index (χ4n) is 0.926. The van der Waals surface area contributed by atoms with Gasteiger partial charge in [-0.2, -0.15) is 0 Å². The lowest BCUT2D eigenvalue weighted by atomic mass is 10.2. The summed E-state index contributed by atoms with van der Waals surface area (Å²) in [5.41, 5.74) is 5.78. The average molecular weight is 180 g/mol. The Kier molecular flexibility index (Phi) is 3.28. The number of nitrogens with one attached hydrogen (secondary N) is 1. The van der Waals surface area contributed by atoms with Gasteiger partial charge < -0.3 is 16.2 Å². The smallest absolute Gasteiger partial charge is 0.234 e. The summed E-state index contributed by atoms with van der Waals surface area (Å²) >= 11 is 0. The number of hydrogen-bond acceptors (Lipinski definition) is 3. The largest absolute Gasteiger partial charge is 0.508 e. The summed E-state index contributed by atoms with van der Waals surface area (Å²) in [7, 11) is 0. The Morgan fingerprint density at radius 3 is 2.77 bits per heavy atom. The highest BCUT2D eigenvalue weighted by molar-refractivity contribution is 5.77. The summed E-state index contributed by atoms with van der Waals surface area (Å²) in [5, 5.41) is 11.9. The molecule has 0 aromatic heterocycles. The molecule has 1 amide bonds. The lowest BCUT2D eigenvalue weighted by Gasteiger charge is -2.04. The number of carbonyl (C=O) groups excluding carboxylic acids is 1. The second-order valence-corrected chi connectivity index (χ2v) is 2.61. The maximum absolute atomic E-state index is 10.8. The van der Waals surface area contributed by atoms with Crippen LogP contribution in [0.5, 0.6) is 5.75 Å². The van der Waals surface area contributed by atoms with E-state index in [2.05, 4.69) is 5.32 Å². The lowest BCUT2D eigenvalue weighted by molar-refractivity contribution is -0.119. The zero-order chi connectivity index (χ0) is 9.68. The summed E-state index contributed by atoms with van der Waals surface area (Å²) in [6.45, 7) is 0.274. The summed E-state index contributed by atoms with van der Waals surface area (Å²) < 4.78 is 0. The molecule has 4 N–H and O–H groups in total. The van der Waals surface area contributed by atoms with Gasteiger partial charge in [0.1, 0.15) is 5.75 Å². The van der Waals surface area contributed by atoms with E-state index < -0.39 is 0 Å². The topological polar surface area (TPSA) is 75.4 Å². The minimum Gasteiger partial charge on any atom is -0.508 e. The highest BCUT2D eigenvalue weighted by Gasteiger charge is 2.00. The maximum Gasteiger partial charge on any atom is 0.234 e. The van der Waals surface area contributed by atoms with Gasteiger partial charge in [0, 0.05) is 12.1 Å². The molecule has 4 nitrogen and oxygen atoms in total. The zero-order valence-corrected chi connectivity index (χ0v) is 7.16. The summed E-state index contributed by atoms with van der Waals surface area (Å²) in [6, 6.07) is 6.84. The SMILES string of the molecule is NCC(=O)NCc1ccccc1O. The second kappa shape index (κ2) is 4.47. The van der Waals surface area contributed by atoms with Crippen molar-refractivity contribution in [2.45, 2.75) is 6.54 Å². The van der Waals surface area contributed by atoms with Crippen LogP contribution in [0, 0.1) is 0 Å². The van der Waals surface area contributed by atoms with Crippen LogP contribution in [0.1, 0.15) is 5.56 Å². The molecule has 0 radical (unpaired) electrons. The minimum atomic E-state index is -0.233. The zero-order valence-electron chi connectivity index (χ0n) is 7.16. The molecule has 0 spiro atoms. The molecule has 0 saturated heterocycles. The van der Waals surface area contributed by atoms with E-state index >= 15 is 0 Å². The van der Waals surface area contributed by atoms with Crippen molar-refractivity contribution in [2.24, 2.45) is 5.73 Å². The van der Waals surface area contributed by atoms with Crippen LogP contribution in [0.15, 0.2) is 24.3 Å². The highest BCUT2D eigenvalue weighted by Crippen LogP contribution is 2.14. The van der Waals surface area contributed by atoms with Crippen molar-refractivity contribution < 1.29 is 9.90 Å². The van der Waals surface area contributed by atoms with E-state index in [-0.39, 0.29) is 18.2 Å². The first kappa shape index (κ1) is 9.54. The standard InChI is InChI=1S/C9H12N2O2/c10-5-9(13)11-6-7-3-1-2-4-8(7)12/h1-4,12H,5-6,10H2,(H,11,13). The minimum absolute atomic E-state index is 0.0341. The molecular formula is C9H12N2O2. The first-order valence-corrected chi connectivity index (χ1v) is 3.97. The summed E-state index contributed by atoms with van der Waals surface area (Å²) in [6.07, 6.45) is 0. The van der Waals surface area contributed by atoms with Gasteiger partial charge in [-0.3, -0.25) is 4.79 Å². The third-order valence-corrected chi connectivity index (χ3v) is 1.65. The van der Waals surface area contributed by atoms with Gasteiger partial charge in [-0.05, 0) is 6.07 Å². The number of hydrogen-bond donors (Lipinski definition) is 3. The molecule has 0 saturated carbocycles. The Bertz CT molecular complexity index is 299. The van der Waals surface area contributed by atoms with E-state index in [4.69, 9.17) is 5.73 Å². The van der Waals surface area contributed by atoms with Crippen LogP contribution in [0.2, 0.25) is 0 Å². The van der Waals surface area contributed by atoms with Gasteiger partial charge in [0.15, 0.2) is 0 Å². The quantitative estimate of drug-likeness (QED) is 0.611. The number of benzene rings is 1. The van der Waals surface area contributed by atoms with Crippen LogP contribution in [0.4, 0.5) is 0 Å². The number of carbonyl (C=O) groups is 1. The first-order chi connectivity index (χ1) is 6.24. The molecule has 0 fully saturated rings. The first-order valence-electron chi connectivity index (χ1n) is 3.97. The van der Waals surface area contributed by atoms with Gasteiger partial charge >= 0.3 is 0 Å². The van der Waals surface area contributed by atoms with Crippen molar-refractivity contribution in [1.82, 2.24) is 5.32 Å². The van der Waals surface area contributed by atoms with Crippen LogP contribution in [-0.2, 0) is 11.3 Å². The van der Waals surface area contributed by atoms with Crippen molar-refractivity contribution in [3.8, 4) is 5.75 Å². The third kappa shape index (κ3) is 2.76. The van der Waals surface area contributed by atoms with E-state index in [0.29, 0.717) is 12.1 Å². The Balaban J connectivity index is 2.54. The lowest BCUT2D eigenvalue weighted by Crippen LogP contribution is -2.29. The van der Waals surface area contributed by atoms with E-state index in [0.717, 1.165) is 0 Å². The molecule has 1 aromatic carbocycles. The van der Waals surface area contributed by atoms with Crippen molar-refractivity contribution in [3.63, 3.8) is 0 Å². The molecule has 70 valence electrons. The summed E-state index contributed by atoms with van der Waals surface area (Å²) in [5.74, 6) is -0.0527. The maximum atomic E-state index is 10.8. The molecule has 0 heterocycles.